The van der Waals surface area contributed by atoms with Gasteiger partial charge < -0.3 is 109 Å². The Hall–Kier alpha value is -1.80. The molecule has 510 valence electrons. The number of aliphatic hydroxyl groups excluding tert-OH is 12. The molecular formula is C54H60I9N9O21. The van der Waals surface area contributed by atoms with Gasteiger partial charge in [0.15, 0.2) is 0 Å². The first-order valence-corrected chi connectivity index (χ1v) is 36.6. The van der Waals surface area contributed by atoms with Gasteiger partial charge in [0.25, 0.3) is 35.4 Å². The molecule has 0 spiro atoms. The lowest BCUT2D eigenvalue weighted by Gasteiger charge is -2.21. The van der Waals surface area contributed by atoms with Gasteiger partial charge in [-0.2, -0.15) is 0 Å². The van der Waals surface area contributed by atoms with E-state index in [4.69, 9.17) is 0 Å². The van der Waals surface area contributed by atoms with Gasteiger partial charge in [-0.05, 0) is 220 Å². The van der Waals surface area contributed by atoms with Crippen LogP contribution in [0.3, 0.4) is 0 Å². The normalized spacial score (nSPS) is 13.1. The molecule has 0 radical (unpaired) electrons. The van der Waals surface area contributed by atoms with Crippen molar-refractivity contribution in [1.29, 1.82) is 0 Å². The number of halogens is 9. The number of anilines is 3. The number of carbonyl (C=O) groups excluding carboxylic acids is 9. The second-order valence-corrected chi connectivity index (χ2v) is 29.5. The number of hydrogen-bond donors (Lipinski definition) is 21. The average molecular weight is 2310 g/mol. The molecule has 0 aliphatic rings. The molecule has 4 rings (SSSR count). The van der Waals surface area contributed by atoms with E-state index in [-0.39, 0.29) is 99.3 Å². The lowest BCUT2D eigenvalue weighted by Crippen LogP contribution is -2.37. The highest BCUT2D eigenvalue weighted by Gasteiger charge is 2.33. The van der Waals surface area contributed by atoms with Gasteiger partial charge in [-0.1, -0.05) is 18.2 Å². The second-order valence-electron chi connectivity index (χ2n) is 19.8. The molecule has 39 heteroatoms. The van der Waals surface area contributed by atoms with Crippen LogP contribution in [0.1, 0.15) is 78.8 Å². The summed E-state index contributed by atoms with van der Waals surface area (Å²) in [5, 5.41) is 140. The molecule has 30 nitrogen and oxygen atoms in total. The van der Waals surface area contributed by atoms with Crippen LogP contribution in [0.15, 0.2) is 18.2 Å². The molecule has 0 saturated carbocycles. The lowest BCUT2D eigenvalue weighted by molar-refractivity contribution is -0.116. The van der Waals surface area contributed by atoms with Gasteiger partial charge in [0.1, 0.15) is 0 Å². The molecule has 0 aromatic heterocycles. The van der Waals surface area contributed by atoms with Gasteiger partial charge >= 0.3 is 0 Å². The highest BCUT2D eigenvalue weighted by molar-refractivity contribution is 14.1. The maximum Gasteiger partial charge on any atom is 0.253 e. The molecule has 0 saturated heterocycles. The van der Waals surface area contributed by atoms with Crippen LogP contribution in [0, 0.1) is 32.1 Å². The number of nitrogens with one attached hydrogen (secondary N) is 9. The molecule has 6 unspecified atom stereocenters. The Labute approximate surface area is 652 Å². The van der Waals surface area contributed by atoms with E-state index in [0.29, 0.717) is 0 Å². The van der Waals surface area contributed by atoms with E-state index in [1.807, 2.05) is 0 Å². The quantitative estimate of drug-likeness (QED) is 0.0259. The van der Waals surface area contributed by atoms with Crippen LogP contribution < -0.4 is 47.9 Å². The maximum atomic E-state index is 14.5. The summed E-state index contributed by atoms with van der Waals surface area (Å²) in [6, 6.07) is 4.34. The fraction of sp³-hybridized carbons (Fsp3) is 0.389. The fourth-order valence-corrected chi connectivity index (χ4v) is 21.2. The first kappa shape index (κ1) is 83.6. The van der Waals surface area contributed by atoms with Crippen LogP contribution in [-0.2, 0) is 33.6 Å². The smallest absolute Gasteiger partial charge is 0.253 e. The monoisotopic (exact) mass is 2310 g/mol. The van der Waals surface area contributed by atoms with E-state index in [0.717, 1.165) is 0 Å². The number of rotatable bonds is 33. The van der Waals surface area contributed by atoms with E-state index in [2.05, 4.69) is 47.9 Å². The van der Waals surface area contributed by atoms with Gasteiger partial charge in [-0.25, -0.2) is 0 Å². The van der Waals surface area contributed by atoms with E-state index < -0.39 is 188 Å². The number of carbonyl (C=O) groups is 9. The van der Waals surface area contributed by atoms with Crippen molar-refractivity contribution in [3.05, 3.63) is 100 Å². The Kier molecular flexibility index (Phi) is 36.4. The molecule has 4 aromatic rings. The minimum absolute atomic E-state index is 0.0496. The summed E-state index contributed by atoms with van der Waals surface area (Å²) in [6.45, 7) is -6.74. The third kappa shape index (κ3) is 23.7. The van der Waals surface area contributed by atoms with Gasteiger partial charge in [-0.15, -0.1) is 0 Å². The van der Waals surface area contributed by atoms with Crippen LogP contribution in [0.2, 0.25) is 0 Å². The van der Waals surface area contributed by atoms with Crippen molar-refractivity contribution in [3.63, 3.8) is 0 Å². The molecule has 0 fully saturated rings. The average Bonchev–Trinajstić information content (AvgIpc) is 0.790. The van der Waals surface area contributed by atoms with Crippen molar-refractivity contribution in [3.8, 4) is 0 Å². The Morgan fingerprint density at radius 2 is 0.430 bits per heavy atom. The zero-order chi connectivity index (χ0) is 69.9. The van der Waals surface area contributed by atoms with Crippen LogP contribution in [-0.4, -0.2) is 230 Å². The zero-order valence-electron chi connectivity index (χ0n) is 47.7. The highest BCUT2D eigenvalue weighted by Crippen LogP contribution is 2.39. The van der Waals surface area contributed by atoms with Crippen LogP contribution >= 0.6 is 203 Å². The van der Waals surface area contributed by atoms with Crippen molar-refractivity contribution < 1.29 is 104 Å². The van der Waals surface area contributed by atoms with Gasteiger partial charge in [-0.3, -0.25) is 43.2 Å². The van der Waals surface area contributed by atoms with Crippen LogP contribution in [0.4, 0.5) is 17.1 Å². The summed E-state index contributed by atoms with van der Waals surface area (Å²) in [6.07, 6.45) is -9.85. The molecule has 9 amide bonds. The van der Waals surface area contributed by atoms with Crippen molar-refractivity contribution >= 4 is 274 Å². The molecule has 4 aromatic carbocycles. The summed E-state index contributed by atoms with van der Waals surface area (Å²) in [5.41, 5.74) is -0.498. The number of benzene rings is 4. The molecule has 6 atom stereocenters. The predicted molar refractivity (Wildman–Crippen MR) is 410 cm³/mol. The summed E-state index contributed by atoms with van der Waals surface area (Å²) in [7, 11) is 0. The first-order chi connectivity index (χ1) is 43.8. The topological polar surface area (TPSA) is 505 Å². The van der Waals surface area contributed by atoms with Crippen molar-refractivity contribution in [2.45, 2.75) is 55.9 Å². The van der Waals surface area contributed by atoms with E-state index in [1.54, 1.807) is 203 Å². The van der Waals surface area contributed by atoms with Crippen molar-refractivity contribution in [2.75, 3.05) is 94.9 Å². The summed E-state index contributed by atoms with van der Waals surface area (Å²) in [4.78, 5) is 126. The van der Waals surface area contributed by atoms with Gasteiger partial charge in [0.2, 0.25) is 17.7 Å². The van der Waals surface area contributed by atoms with E-state index in [1.165, 1.54) is 18.2 Å². The molecule has 0 aliphatic heterocycles. The summed E-state index contributed by atoms with van der Waals surface area (Å²) in [5.74, 6) is -7.31. The summed E-state index contributed by atoms with van der Waals surface area (Å²) < 4.78 is 0.893. The molecule has 0 heterocycles. The van der Waals surface area contributed by atoms with Crippen molar-refractivity contribution in [2.24, 2.45) is 0 Å². The van der Waals surface area contributed by atoms with E-state index in [9.17, 15) is 104 Å². The van der Waals surface area contributed by atoms with Crippen LogP contribution in [0.5, 0.6) is 0 Å². The molecule has 21 N–H and O–H groups in total. The molecule has 0 aliphatic carbocycles. The highest BCUT2D eigenvalue weighted by atomic mass is 127. The molecular weight excluding hydrogens is 2250 g/mol. The van der Waals surface area contributed by atoms with E-state index >= 15 is 0 Å². The molecule has 93 heavy (non-hydrogen) atoms. The van der Waals surface area contributed by atoms with Crippen molar-refractivity contribution in [1.82, 2.24) is 31.9 Å². The number of amides is 9. The SMILES string of the molecule is O=C(Cc1cc(CC(=O)Nc2c(I)c(C(=O)NCC(O)CO)c(I)c(C(=O)NCC(O)CO)c2I)cc(CC(=O)Nc2c(I)c(C(=O)NCC(O)CO)c(I)c(C(=O)NCC(O)CO)c2I)c1)Nc1c(I)c(C(=O)NCC(O)CO)c(I)c(C(=O)NCC(O)CO)c1I. The first-order valence-electron chi connectivity index (χ1n) is 26.9. The Balaban J connectivity index is 1.93. The lowest BCUT2D eigenvalue weighted by atomic mass is 9.98. The third-order valence-electron chi connectivity index (χ3n) is 12.6. The summed E-state index contributed by atoms with van der Waals surface area (Å²) >= 11 is 15.9. The largest absolute Gasteiger partial charge is 0.394 e. The maximum absolute atomic E-state index is 14.5. The van der Waals surface area contributed by atoms with Gasteiger partial charge in [0.05, 0.1) is 167 Å². The minimum Gasteiger partial charge on any atom is -0.394 e. The molecule has 0 bridgehead atoms. The second kappa shape index (κ2) is 40.5. The zero-order valence-corrected chi connectivity index (χ0v) is 67.2. The third-order valence-corrected chi connectivity index (χ3v) is 22.3. The standard InChI is InChI=1S/C54H60I9N9O21/c55-37-31(49(88)64-7-22(79)13-73)40(58)46(41(59)32(37)50(89)65-8-23(80)14-74)70-28(85)4-19-1-20(5-29(86)71-47-42(60)33(51(90)66-9-24(81)15-75)38(56)34(43(47)61)52(91)67-10-25(82)16-76)3-21(2-19)6-30(87)72-48-44(62)35(53(92)68-11-26(83)17-77)39(57)36(45(48)63)54(93)69-12-27(84)18-78/h1-3,22-27,73-84H,4-18H2,(H,64,88)(H,65,89)(H,66,90)(H,67,91)(H,68,92)(H,69,93)(H,70,85)(H,71,86)(H,72,87). The number of hydrogen-bond acceptors (Lipinski definition) is 21. The minimum atomic E-state index is -1.37. The van der Waals surface area contributed by atoms with Gasteiger partial charge in [0, 0.05) is 50.0 Å². The Morgan fingerprint density at radius 1 is 0.280 bits per heavy atom. The van der Waals surface area contributed by atoms with Crippen LogP contribution in [0.25, 0.3) is 0 Å². The number of aliphatic hydroxyl groups is 12. The Bertz CT molecular complexity index is 2960. The predicted octanol–water partition coefficient (Wildman–Crippen LogP) is -0.830. The Morgan fingerprint density at radius 3 is 0.570 bits per heavy atom. The fourth-order valence-electron chi connectivity index (χ4n) is 7.95.